The van der Waals surface area contributed by atoms with E-state index in [0.717, 1.165) is 31.0 Å². The number of likely N-dealkylation sites (N-methyl/N-ethyl adjacent to an activating group) is 1. The quantitative estimate of drug-likeness (QED) is 0.827. The molecule has 1 aliphatic carbocycles. The Morgan fingerprint density at radius 3 is 2.95 bits per heavy atom. The summed E-state index contributed by atoms with van der Waals surface area (Å²) in [5.41, 5.74) is 1.27. The van der Waals surface area contributed by atoms with Gasteiger partial charge in [0.2, 0.25) is 0 Å². The van der Waals surface area contributed by atoms with Crippen LogP contribution in [-0.2, 0) is 10.2 Å². The van der Waals surface area contributed by atoms with E-state index in [9.17, 15) is 0 Å². The van der Waals surface area contributed by atoms with E-state index in [-0.39, 0.29) is 5.41 Å². The lowest BCUT2D eigenvalue weighted by molar-refractivity contribution is 0.116. The Balaban J connectivity index is 1.73. The minimum absolute atomic E-state index is 0.0221. The highest BCUT2D eigenvalue weighted by atomic mass is 16.5. The maximum absolute atomic E-state index is 6.28. The summed E-state index contributed by atoms with van der Waals surface area (Å²) in [7, 11) is 3.92. The van der Waals surface area contributed by atoms with Crippen molar-refractivity contribution in [3.8, 4) is 5.75 Å². The van der Waals surface area contributed by atoms with E-state index in [1.165, 1.54) is 24.9 Å². The molecule has 2 atom stereocenters. The van der Waals surface area contributed by atoms with Crippen LogP contribution in [0.5, 0.6) is 5.75 Å². The number of benzene rings is 1. The molecule has 0 bridgehead atoms. The molecule has 0 amide bonds. The second-order valence-corrected chi connectivity index (χ2v) is 6.76. The summed E-state index contributed by atoms with van der Waals surface area (Å²) in [5, 5.41) is 0. The number of rotatable bonds is 5. The van der Waals surface area contributed by atoms with Crippen LogP contribution in [0.15, 0.2) is 36.1 Å². The molecule has 1 fully saturated rings. The van der Waals surface area contributed by atoms with Crippen molar-refractivity contribution in [1.82, 2.24) is 4.90 Å². The van der Waals surface area contributed by atoms with Gasteiger partial charge in [0.1, 0.15) is 18.1 Å². The third-order valence-corrected chi connectivity index (χ3v) is 5.33. The Hall–Kier alpha value is -1.48. The van der Waals surface area contributed by atoms with E-state index < -0.39 is 0 Å². The number of likely N-dealkylation sites (tertiary alicyclic amines) is 1. The highest BCUT2D eigenvalue weighted by Crippen LogP contribution is 2.43. The summed E-state index contributed by atoms with van der Waals surface area (Å²) in [5.74, 6) is 2.06. The summed E-state index contributed by atoms with van der Waals surface area (Å²) >= 11 is 0. The summed E-state index contributed by atoms with van der Waals surface area (Å²) in [6, 6.07) is 8.97. The first-order valence-corrected chi connectivity index (χ1v) is 8.32. The first-order chi connectivity index (χ1) is 10.6. The monoisotopic (exact) mass is 301 g/mol. The van der Waals surface area contributed by atoms with Gasteiger partial charge >= 0.3 is 0 Å². The van der Waals surface area contributed by atoms with Crippen LogP contribution in [0, 0.1) is 0 Å². The van der Waals surface area contributed by atoms with E-state index in [2.05, 4.69) is 43.1 Å². The highest BCUT2D eigenvalue weighted by molar-refractivity contribution is 5.40. The molecule has 1 saturated heterocycles. The molecule has 22 heavy (non-hydrogen) atoms. The van der Waals surface area contributed by atoms with Gasteiger partial charge in [-0.25, -0.2) is 0 Å². The van der Waals surface area contributed by atoms with Gasteiger partial charge in [-0.3, -0.25) is 0 Å². The molecular formula is C19H27NO2. The van der Waals surface area contributed by atoms with Crippen LogP contribution in [0.1, 0.15) is 38.2 Å². The fourth-order valence-electron chi connectivity index (χ4n) is 3.69. The lowest BCUT2D eigenvalue weighted by Gasteiger charge is -2.30. The van der Waals surface area contributed by atoms with Crippen molar-refractivity contribution >= 4 is 0 Å². The molecule has 0 unspecified atom stereocenters. The highest BCUT2D eigenvalue weighted by Gasteiger charge is 2.37. The zero-order chi connectivity index (χ0) is 15.6. The Bertz CT molecular complexity index is 554. The van der Waals surface area contributed by atoms with Crippen LogP contribution in [-0.4, -0.2) is 38.3 Å². The molecule has 0 radical (unpaired) electrons. The van der Waals surface area contributed by atoms with Gasteiger partial charge in [-0.05, 0) is 70.0 Å². The largest absolute Gasteiger partial charge is 0.497 e. The minimum Gasteiger partial charge on any atom is -0.497 e. The van der Waals surface area contributed by atoms with E-state index in [4.69, 9.17) is 9.47 Å². The van der Waals surface area contributed by atoms with Crippen LogP contribution < -0.4 is 4.74 Å². The SMILES string of the molecule is COc1cccc([C@@]2(C)CCC=C2OC[C@@H]2CCCN2C)c1. The first kappa shape index (κ1) is 15.4. The number of ether oxygens (including phenoxy) is 2. The van der Waals surface area contributed by atoms with Gasteiger partial charge in [0.15, 0.2) is 0 Å². The summed E-state index contributed by atoms with van der Waals surface area (Å²) in [6.07, 6.45) is 7.00. The Kier molecular flexibility index (Phi) is 4.44. The number of hydrogen-bond acceptors (Lipinski definition) is 3. The van der Waals surface area contributed by atoms with E-state index in [0.29, 0.717) is 6.04 Å². The molecule has 0 aromatic heterocycles. The van der Waals surface area contributed by atoms with Crippen molar-refractivity contribution in [2.45, 2.75) is 44.1 Å². The molecule has 3 heteroatoms. The average Bonchev–Trinajstić information content (AvgIpc) is 3.12. The van der Waals surface area contributed by atoms with Crippen LogP contribution in [0.25, 0.3) is 0 Å². The summed E-state index contributed by atoms with van der Waals surface area (Å²) < 4.78 is 11.7. The Morgan fingerprint density at radius 2 is 2.23 bits per heavy atom. The van der Waals surface area contributed by atoms with Crippen LogP contribution in [0.2, 0.25) is 0 Å². The molecule has 120 valence electrons. The van der Waals surface area contributed by atoms with Gasteiger partial charge in [-0.2, -0.15) is 0 Å². The Morgan fingerprint density at radius 1 is 1.36 bits per heavy atom. The molecule has 0 spiro atoms. The number of methoxy groups -OCH3 is 1. The lowest BCUT2D eigenvalue weighted by Crippen LogP contribution is -2.31. The van der Waals surface area contributed by atoms with Crippen LogP contribution >= 0.6 is 0 Å². The third kappa shape index (κ3) is 2.87. The summed E-state index contributed by atoms with van der Waals surface area (Å²) in [6.45, 7) is 4.29. The van der Waals surface area contributed by atoms with Crippen molar-refractivity contribution < 1.29 is 9.47 Å². The molecule has 1 heterocycles. The molecular weight excluding hydrogens is 274 g/mol. The van der Waals surface area contributed by atoms with E-state index in [1.807, 2.05) is 6.07 Å². The first-order valence-electron chi connectivity index (χ1n) is 8.32. The standard InChI is InChI=1S/C19H27NO2/c1-19(15-7-4-9-17(13-15)21-3)11-5-10-18(19)22-14-16-8-6-12-20(16)2/h4,7,9-10,13,16H,5-6,8,11-12,14H2,1-3H3/t16-,19+/m0/s1. The van der Waals surface area contributed by atoms with Crippen molar-refractivity contribution in [3.05, 3.63) is 41.7 Å². The molecule has 1 aromatic carbocycles. The summed E-state index contributed by atoms with van der Waals surface area (Å²) in [4.78, 5) is 2.42. The van der Waals surface area contributed by atoms with Crippen molar-refractivity contribution in [2.75, 3.05) is 27.3 Å². The normalized spacial score (nSPS) is 28.7. The topological polar surface area (TPSA) is 21.7 Å². The van der Waals surface area contributed by atoms with Crippen LogP contribution in [0.4, 0.5) is 0 Å². The second-order valence-electron chi connectivity index (χ2n) is 6.76. The zero-order valence-electron chi connectivity index (χ0n) is 14.0. The number of nitrogens with zero attached hydrogens (tertiary/aromatic N) is 1. The van der Waals surface area contributed by atoms with Gasteiger partial charge in [-0.15, -0.1) is 0 Å². The van der Waals surface area contributed by atoms with Crippen molar-refractivity contribution in [3.63, 3.8) is 0 Å². The predicted octanol–water partition coefficient (Wildman–Crippen LogP) is 3.74. The smallest absolute Gasteiger partial charge is 0.119 e. The van der Waals surface area contributed by atoms with Gasteiger partial charge in [0, 0.05) is 11.5 Å². The van der Waals surface area contributed by atoms with E-state index in [1.54, 1.807) is 7.11 Å². The number of allylic oxidation sites excluding steroid dienone is 2. The molecule has 3 nitrogen and oxygen atoms in total. The average molecular weight is 301 g/mol. The van der Waals surface area contributed by atoms with Crippen molar-refractivity contribution in [1.29, 1.82) is 0 Å². The van der Waals surface area contributed by atoms with Gasteiger partial charge in [0.25, 0.3) is 0 Å². The molecule has 0 N–H and O–H groups in total. The molecule has 1 aromatic rings. The van der Waals surface area contributed by atoms with Gasteiger partial charge < -0.3 is 14.4 Å². The lowest BCUT2D eigenvalue weighted by atomic mass is 9.80. The molecule has 3 rings (SSSR count). The predicted molar refractivity (Wildman–Crippen MR) is 89.3 cm³/mol. The fraction of sp³-hybridized carbons (Fsp3) is 0.579. The van der Waals surface area contributed by atoms with Gasteiger partial charge in [-0.1, -0.05) is 12.1 Å². The van der Waals surface area contributed by atoms with E-state index >= 15 is 0 Å². The zero-order valence-corrected chi connectivity index (χ0v) is 14.0. The third-order valence-electron chi connectivity index (χ3n) is 5.33. The maximum Gasteiger partial charge on any atom is 0.119 e. The van der Waals surface area contributed by atoms with Gasteiger partial charge in [0.05, 0.1) is 7.11 Å². The number of hydrogen-bond donors (Lipinski definition) is 0. The second kappa shape index (κ2) is 6.33. The minimum atomic E-state index is -0.0221. The maximum atomic E-state index is 6.28. The van der Waals surface area contributed by atoms with Crippen LogP contribution in [0.3, 0.4) is 0 Å². The van der Waals surface area contributed by atoms with Crippen molar-refractivity contribution in [2.24, 2.45) is 0 Å². The molecule has 1 aliphatic heterocycles. The molecule has 0 saturated carbocycles. The fourth-order valence-corrected chi connectivity index (χ4v) is 3.69. The Labute approximate surface area is 133 Å². The molecule has 2 aliphatic rings.